The lowest BCUT2D eigenvalue weighted by Crippen LogP contribution is -2.62. The van der Waals surface area contributed by atoms with Gasteiger partial charge in [-0.15, -0.1) is 11.3 Å². The molecule has 3 saturated heterocycles. The van der Waals surface area contributed by atoms with E-state index in [-0.39, 0.29) is 37.3 Å². The fourth-order valence-corrected chi connectivity index (χ4v) is 7.89. The molecule has 3 fully saturated rings. The normalized spacial score (nSPS) is 34.3. The molecular formula is C32H32O13S. The highest BCUT2D eigenvalue weighted by Crippen LogP contribution is 2.57. The Morgan fingerprint density at radius 3 is 2.35 bits per heavy atom. The largest absolute Gasteiger partial charge is 0.502 e. The van der Waals surface area contributed by atoms with Crippen molar-refractivity contribution in [2.24, 2.45) is 11.8 Å². The van der Waals surface area contributed by atoms with Gasteiger partial charge in [-0.25, -0.2) is 0 Å². The number of benzene rings is 2. The molecule has 0 bridgehead atoms. The van der Waals surface area contributed by atoms with E-state index in [1.807, 2.05) is 23.6 Å². The fourth-order valence-electron chi connectivity index (χ4n) is 7.18. The van der Waals surface area contributed by atoms with Gasteiger partial charge in [-0.1, -0.05) is 6.07 Å². The van der Waals surface area contributed by atoms with Crippen LogP contribution in [0, 0.1) is 11.8 Å². The minimum absolute atomic E-state index is 0.0242. The molecule has 1 aromatic heterocycles. The van der Waals surface area contributed by atoms with Gasteiger partial charge in [0.15, 0.2) is 35.6 Å². The van der Waals surface area contributed by atoms with E-state index in [2.05, 4.69) is 0 Å². The number of aliphatic hydroxyl groups is 2. The average molecular weight is 657 g/mol. The molecule has 244 valence electrons. The number of phenolic OH excluding ortho intramolecular Hbond substituents is 1. The zero-order valence-electron chi connectivity index (χ0n) is 24.8. The Morgan fingerprint density at radius 1 is 0.913 bits per heavy atom. The Balaban J connectivity index is 1.16. The van der Waals surface area contributed by atoms with Crippen molar-refractivity contribution in [3.63, 3.8) is 0 Å². The number of thiophene rings is 1. The van der Waals surface area contributed by atoms with Crippen molar-refractivity contribution in [2.45, 2.75) is 49.0 Å². The third kappa shape index (κ3) is 4.70. The van der Waals surface area contributed by atoms with Gasteiger partial charge in [-0.2, -0.15) is 0 Å². The van der Waals surface area contributed by atoms with Gasteiger partial charge in [0.05, 0.1) is 44.3 Å². The molecule has 0 unspecified atom stereocenters. The van der Waals surface area contributed by atoms with E-state index in [4.69, 9.17) is 42.6 Å². The van der Waals surface area contributed by atoms with E-state index in [1.54, 1.807) is 18.2 Å². The summed E-state index contributed by atoms with van der Waals surface area (Å²) in [6, 6.07) is 10.7. The van der Waals surface area contributed by atoms with E-state index < -0.39 is 66.8 Å². The quantitative estimate of drug-likeness (QED) is 0.333. The second-order valence-electron chi connectivity index (χ2n) is 11.8. The Kier molecular flexibility index (Phi) is 7.48. The van der Waals surface area contributed by atoms with E-state index >= 15 is 0 Å². The highest BCUT2D eigenvalue weighted by molar-refractivity contribution is 7.10. The van der Waals surface area contributed by atoms with Crippen molar-refractivity contribution in [3.8, 4) is 28.7 Å². The first kappa shape index (κ1) is 29.8. The molecule has 8 rings (SSSR count). The van der Waals surface area contributed by atoms with Crippen molar-refractivity contribution in [3.05, 3.63) is 63.3 Å². The molecule has 0 radical (unpaired) electrons. The van der Waals surface area contributed by atoms with Crippen LogP contribution in [-0.2, 0) is 28.5 Å². The van der Waals surface area contributed by atoms with Crippen LogP contribution in [0.3, 0.4) is 0 Å². The van der Waals surface area contributed by atoms with Crippen LogP contribution >= 0.6 is 11.3 Å². The molecule has 1 aliphatic carbocycles. The molecule has 0 amide bonds. The molecule has 0 spiro atoms. The van der Waals surface area contributed by atoms with Crippen LogP contribution in [0.15, 0.2) is 41.8 Å². The molecule has 14 heteroatoms. The number of carbonyl (C=O) groups is 1. The van der Waals surface area contributed by atoms with Crippen molar-refractivity contribution in [1.82, 2.24) is 0 Å². The zero-order valence-corrected chi connectivity index (χ0v) is 25.6. The van der Waals surface area contributed by atoms with E-state index in [9.17, 15) is 20.1 Å². The lowest BCUT2D eigenvalue weighted by molar-refractivity contribution is -0.368. The zero-order chi connectivity index (χ0) is 31.7. The van der Waals surface area contributed by atoms with Crippen LogP contribution in [0.2, 0.25) is 0 Å². The molecule has 13 nitrogen and oxygen atoms in total. The minimum Gasteiger partial charge on any atom is -0.502 e. The van der Waals surface area contributed by atoms with Crippen LogP contribution in [0.4, 0.5) is 0 Å². The number of phenols is 1. The maximum atomic E-state index is 13.5. The van der Waals surface area contributed by atoms with Gasteiger partial charge >= 0.3 is 5.97 Å². The topological polar surface area (TPSA) is 161 Å². The summed E-state index contributed by atoms with van der Waals surface area (Å²) >= 11 is 1.46. The van der Waals surface area contributed by atoms with Gasteiger partial charge in [0, 0.05) is 11.8 Å². The van der Waals surface area contributed by atoms with Gasteiger partial charge in [0.25, 0.3) is 0 Å². The predicted octanol–water partition coefficient (Wildman–Crippen LogP) is 2.75. The van der Waals surface area contributed by atoms with Gasteiger partial charge in [0.2, 0.25) is 12.5 Å². The summed E-state index contributed by atoms with van der Waals surface area (Å²) in [5, 5.41) is 35.0. The molecule has 0 saturated carbocycles. The highest BCUT2D eigenvalue weighted by atomic mass is 32.1. The molecule has 5 heterocycles. The third-order valence-electron chi connectivity index (χ3n) is 9.37. The SMILES string of the molecule is COc1cc([C@@H]2c3cc4c(cc3[C@@H](O[C@@H]3O[C@@H]5CO[C@H](c6cccs6)O[C@@H]5[C@@H](O)[C@@H]3O)[C@H]3COC(=O)[C@H]23)OCO4)cc(OC)c1O. The second-order valence-corrected chi connectivity index (χ2v) is 12.7. The Hall–Kier alpha value is -3.63. The molecule has 3 N–H and O–H groups in total. The summed E-state index contributed by atoms with van der Waals surface area (Å²) in [6.45, 7) is 0.171. The van der Waals surface area contributed by atoms with Gasteiger partial charge in [-0.05, 0) is 52.4 Å². The van der Waals surface area contributed by atoms with Gasteiger partial charge < -0.3 is 58.0 Å². The summed E-state index contributed by atoms with van der Waals surface area (Å²) < 4.78 is 52.6. The molecule has 3 aromatic rings. The summed E-state index contributed by atoms with van der Waals surface area (Å²) in [6.07, 6.45) is -7.16. The van der Waals surface area contributed by atoms with Crippen LogP contribution in [0.5, 0.6) is 28.7 Å². The number of rotatable bonds is 6. The standard InChI is InChI=1S/C32H32O13S/c1-37-19-6-13(7-20(38-2)25(19)33)23-14-8-17-18(42-12-41-17)9-15(14)28(16-10-39-30(36)24(16)23)44-32-27(35)26(34)29-21(43-32)11-40-31(45-29)22-4-3-5-46-22/h3-9,16,21,23-24,26-29,31-35H,10-12H2,1-2H3/t16-,21+,23+,24-,26-,27-,28+,29-,31-,32-/m0/s1. The fraction of sp³-hybridized carbons (Fsp3) is 0.469. The van der Waals surface area contributed by atoms with Gasteiger partial charge in [0.1, 0.15) is 24.4 Å². The van der Waals surface area contributed by atoms with Crippen molar-refractivity contribution >= 4 is 17.3 Å². The maximum Gasteiger partial charge on any atom is 0.310 e. The number of aliphatic hydroxyl groups excluding tert-OH is 2. The summed E-state index contributed by atoms with van der Waals surface area (Å²) in [5.74, 6) is -1.08. The first-order valence-corrected chi connectivity index (χ1v) is 15.8. The van der Waals surface area contributed by atoms with E-state index in [1.165, 1.54) is 25.6 Å². The number of fused-ring (bicyclic) bond motifs is 4. The first-order chi connectivity index (χ1) is 22.4. The lowest BCUT2D eigenvalue weighted by Gasteiger charge is -2.48. The monoisotopic (exact) mass is 656 g/mol. The van der Waals surface area contributed by atoms with Crippen LogP contribution in [0.1, 0.15) is 39.9 Å². The number of esters is 1. The lowest BCUT2D eigenvalue weighted by atomic mass is 9.66. The number of carbonyl (C=O) groups excluding carboxylic acids is 1. The maximum absolute atomic E-state index is 13.5. The predicted molar refractivity (Wildman–Crippen MR) is 156 cm³/mol. The first-order valence-electron chi connectivity index (χ1n) is 14.9. The van der Waals surface area contributed by atoms with E-state index in [0.717, 1.165) is 4.88 Å². The molecule has 2 aromatic carbocycles. The number of cyclic esters (lactones) is 1. The van der Waals surface area contributed by atoms with Gasteiger partial charge in [-0.3, -0.25) is 4.79 Å². The summed E-state index contributed by atoms with van der Waals surface area (Å²) in [4.78, 5) is 14.3. The van der Waals surface area contributed by atoms with Crippen molar-refractivity contribution < 1.29 is 62.7 Å². The third-order valence-corrected chi connectivity index (χ3v) is 10.3. The summed E-state index contributed by atoms with van der Waals surface area (Å²) in [7, 11) is 2.86. The smallest absolute Gasteiger partial charge is 0.310 e. The number of hydrogen-bond acceptors (Lipinski definition) is 14. The molecular weight excluding hydrogens is 624 g/mol. The number of hydrogen-bond donors (Lipinski definition) is 3. The van der Waals surface area contributed by atoms with Crippen molar-refractivity contribution in [1.29, 1.82) is 0 Å². The van der Waals surface area contributed by atoms with Crippen LogP contribution in [-0.4, -0.2) is 86.2 Å². The summed E-state index contributed by atoms with van der Waals surface area (Å²) in [5.41, 5.74) is 2.00. The number of aromatic hydroxyl groups is 1. The Morgan fingerprint density at radius 2 is 1.65 bits per heavy atom. The Bertz CT molecular complexity index is 1600. The molecule has 46 heavy (non-hydrogen) atoms. The molecule has 4 aliphatic heterocycles. The second kappa shape index (κ2) is 11.6. The molecule has 5 aliphatic rings. The van der Waals surface area contributed by atoms with Crippen LogP contribution in [0.25, 0.3) is 0 Å². The van der Waals surface area contributed by atoms with Crippen molar-refractivity contribution in [2.75, 3.05) is 34.2 Å². The minimum atomic E-state index is -1.47. The molecule has 10 atom stereocenters. The average Bonchev–Trinajstić information content (AvgIpc) is 3.85. The highest BCUT2D eigenvalue weighted by Gasteiger charge is 2.56. The number of methoxy groups -OCH3 is 2. The van der Waals surface area contributed by atoms with E-state index in [0.29, 0.717) is 28.2 Å². The number of ether oxygens (including phenoxy) is 9. The Labute approximate surface area is 267 Å². The van der Waals surface area contributed by atoms with Crippen LogP contribution < -0.4 is 18.9 Å².